The maximum atomic E-state index is 11.7. The Balaban J connectivity index is 1.84. The SMILES string of the molecule is O=C(COC(=O)Cn1ccccc1=O)Nc1ccccc1Br. The number of hydrogen-bond acceptors (Lipinski definition) is 4. The highest BCUT2D eigenvalue weighted by Crippen LogP contribution is 2.20. The van der Waals surface area contributed by atoms with Crippen molar-refractivity contribution in [1.82, 2.24) is 4.57 Å². The fraction of sp³-hybridized carbons (Fsp3) is 0.133. The lowest BCUT2D eigenvalue weighted by Gasteiger charge is -2.08. The number of hydrogen-bond donors (Lipinski definition) is 1. The van der Waals surface area contributed by atoms with E-state index in [1.165, 1.54) is 16.8 Å². The highest BCUT2D eigenvalue weighted by atomic mass is 79.9. The fourth-order valence-corrected chi connectivity index (χ4v) is 2.05. The van der Waals surface area contributed by atoms with Crippen LogP contribution in [0.1, 0.15) is 0 Å². The molecule has 1 aromatic heterocycles. The maximum Gasteiger partial charge on any atom is 0.326 e. The zero-order valence-electron chi connectivity index (χ0n) is 11.5. The second-order valence-corrected chi connectivity index (χ2v) is 5.21. The van der Waals surface area contributed by atoms with Crippen LogP contribution in [0.4, 0.5) is 5.69 Å². The summed E-state index contributed by atoms with van der Waals surface area (Å²) < 4.78 is 6.78. The second kappa shape index (κ2) is 7.56. The van der Waals surface area contributed by atoms with Gasteiger partial charge in [-0.1, -0.05) is 18.2 Å². The van der Waals surface area contributed by atoms with Crippen molar-refractivity contribution in [2.75, 3.05) is 11.9 Å². The standard InChI is InChI=1S/C15H13BrN2O4/c16-11-5-1-2-6-12(11)17-13(19)10-22-15(21)9-18-8-4-3-7-14(18)20/h1-8H,9-10H2,(H,17,19). The van der Waals surface area contributed by atoms with Gasteiger partial charge < -0.3 is 14.6 Å². The van der Waals surface area contributed by atoms with Crippen LogP contribution >= 0.6 is 15.9 Å². The largest absolute Gasteiger partial charge is 0.454 e. The molecule has 114 valence electrons. The Kier molecular flexibility index (Phi) is 5.48. The van der Waals surface area contributed by atoms with E-state index in [9.17, 15) is 14.4 Å². The molecule has 1 amide bonds. The zero-order chi connectivity index (χ0) is 15.9. The van der Waals surface area contributed by atoms with Gasteiger partial charge in [0.1, 0.15) is 6.54 Å². The predicted octanol–water partition coefficient (Wildman–Crippen LogP) is 1.79. The molecular weight excluding hydrogens is 352 g/mol. The van der Waals surface area contributed by atoms with Gasteiger partial charge in [0.05, 0.1) is 5.69 Å². The number of anilines is 1. The summed E-state index contributed by atoms with van der Waals surface area (Å²) in [6.07, 6.45) is 1.48. The van der Waals surface area contributed by atoms with Crippen LogP contribution in [0.25, 0.3) is 0 Å². The topological polar surface area (TPSA) is 77.4 Å². The van der Waals surface area contributed by atoms with Crippen LogP contribution in [0.15, 0.2) is 57.9 Å². The minimum absolute atomic E-state index is 0.234. The van der Waals surface area contributed by atoms with E-state index >= 15 is 0 Å². The van der Waals surface area contributed by atoms with Crippen molar-refractivity contribution < 1.29 is 14.3 Å². The Hall–Kier alpha value is -2.41. The summed E-state index contributed by atoms with van der Waals surface area (Å²) in [5.41, 5.74) is 0.278. The lowest BCUT2D eigenvalue weighted by molar-refractivity contribution is -0.147. The number of carbonyl (C=O) groups excluding carboxylic acids is 2. The number of rotatable bonds is 5. The monoisotopic (exact) mass is 364 g/mol. The molecule has 0 radical (unpaired) electrons. The Morgan fingerprint density at radius 1 is 1.14 bits per heavy atom. The summed E-state index contributed by atoms with van der Waals surface area (Å²) >= 11 is 3.30. The summed E-state index contributed by atoms with van der Waals surface area (Å²) in [6.45, 7) is -0.649. The van der Waals surface area contributed by atoms with Crippen LogP contribution in [-0.2, 0) is 20.9 Å². The van der Waals surface area contributed by atoms with Gasteiger partial charge in [-0.2, -0.15) is 0 Å². The molecule has 0 saturated carbocycles. The predicted molar refractivity (Wildman–Crippen MR) is 84.4 cm³/mol. The van der Waals surface area contributed by atoms with Crippen LogP contribution in [0.5, 0.6) is 0 Å². The number of pyridine rings is 1. The van der Waals surface area contributed by atoms with E-state index < -0.39 is 18.5 Å². The maximum absolute atomic E-state index is 11.7. The van der Waals surface area contributed by atoms with Crippen molar-refractivity contribution in [3.8, 4) is 0 Å². The molecule has 0 bridgehead atoms. The van der Waals surface area contributed by atoms with Gasteiger partial charge in [0.2, 0.25) is 0 Å². The van der Waals surface area contributed by atoms with Crippen LogP contribution in [0, 0.1) is 0 Å². The van der Waals surface area contributed by atoms with Crippen LogP contribution in [0.2, 0.25) is 0 Å². The van der Waals surface area contributed by atoms with E-state index in [0.717, 1.165) is 4.47 Å². The highest BCUT2D eigenvalue weighted by Gasteiger charge is 2.10. The number of carbonyl (C=O) groups is 2. The molecule has 2 aromatic rings. The first-order valence-electron chi connectivity index (χ1n) is 6.42. The van der Waals surface area contributed by atoms with Crippen molar-refractivity contribution in [1.29, 1.82) is 0 Å². The molecule has 0 spiro atoms. The Morgan fingerprint density at radius 3 is 2.59 bits per heavy atom. The van der Waals surface area contributed by atoms with Crippen LogP contribution in [-0.4, -0.2) is 23.1 Å². The molecule has 0 atom stereocenters. The number of para-hydroxylation sites is 1. The second-order valence-electron chi connectivity index (χ2n) is 4.36. The third-order valence-electron chi connectivity index (χ3n) is 2.71. The van der Waals surface area contributed by atoms with Gasteiger partial charge in [0, 0.05) is 16.7 Å². The van der Waals surface area contributed by atoms with E-state index in [0.29, 0.717) is 5.69 Å². The number of benzene rings is 1. The molecule has 22 heavy (non-hydrogen) atoms. The first-order chi connectivity index (χ1) is 10.6. The molecule has 2 rings (SSSR count). The first-order valence-corrected chi connectivity index (χ1v) is 7.21. The molecule has 1 N–H and O–H groups in total. The normalized spacial score (nSPS) is 10.0. The average molecular weight is 365 g/mol. The van der Waals surface area contributed by atoms with Gasteiger partial charge in [-0.05, 0) is 34.1 Å². The molecule has 0 unspecified atom stereocenters. The van der Waals surface area contributed by atoms with Gasteiger partial charge in [0.15, 0.2) is 6.61 Å². The summed E-state index contributed by atoms with van der Waals surface area (Å²) in [7, 11) is 0. The highest BCUT2D eigenvalue weighted by molar-refractivity contribution is 9.10. The Bertz CT molecular complexity index is 742. The molecule has 0 aliphatic rings. The Morgan fingerprint density at radius 2 is 1.86 bits per heavy atom. The smallest absolute Gasteiger partial charge is 0.326 e. The van der Waals surface area contributed by atoms with E-state index in [2.05, 4.69) is 21.2 Å². The third-order valence-corrected chi connectivity index (χ3v) is 3.40. The van der Waals surface area contributed by atoms with E-state index in [4.69, 9.17) is 4.74 Å². The number of nitrogens with one attached hydrogen (secondary N) is 1. The number of aromatic nitrogens is 1. The van der Waals surface area contributed by atoms with Crippen LogP contribution in [0.3, 0.4) is 0 Å². The van der Waals surface area contributed by atoms with E-state index in [1.807, 2.05) is 6.07 Å². The molecule has 7 heteroatoms. The van der Waals surface area contributed by atoms with Gasteiger partial charge >= 0.3 is 5.97 Å². The van der Waals surface area contributed by atoms with Crippen molar-refractivity contribution in [3.05, 3.63) is 63.5 Å². The van der Waals surface area contributed by atoms with Crippen molar-refractivity contribution in [2.45, 2.75) is 6.54 Å². The molecule has 1 aromatic carbocycles. The summed E-state index contributed by atoms with van der Waals surface area (Å²) in [4.78, 5) is 34.8. The average Bonchev–Trinajstić information content (AvgIpc) is 2.50. The minimum atomic E-state index is -0.657. The quantitative estimate of drug-likeness (QED) is 0.820. The Labute approximate surface area is 134 Å². The summed E-state index contributed by atoms with van der Waals surface area (Å²) in [5, 5.41) is 2.61. The molecule has 0 aliphatic heterocycles. The lowest BCUT2D eigenvalue weighted by Crippen LogP contribution is -2.27. The van der Waals surface area contributed by atoms with E-state index in [1.54, 1.807) is 30.3 Å². The minimum Gasteiger partial charge on any atom is -0.454 e. The molecular formula is C15H13BrN2O4. The van der Waals surface area contributed by atoms with Crippen LogP contribution < -0.4 is 10.9 Å². The summed E-state index contributed by atoms with van der Waals surface area (Å²) in [6, 6.07) is 11.6. The zero-order valence-corrected chi connectivity index (χ0v) is 13.1. The van der Waals surface area contributed by atoms with Gasteiger partial charge in [0.25, 0.3) is 11.5 Å². The first kappa shape index (κ1) is 16.0. The van der Waals surface area contributed by atoms with Crippen molar-refractivity contribution in [3.63, 3.8) is 0 Å². The number of nitrogens with zero attached hydrogens (tertiary/aromatic N) is 1. The molecule has 0 aliphatic carbocycles. The number of esters is 1. The number of ether oxygens (including phenoxy) is 1. The summed E-state index contributed by atoms with van der Waals surface area (Å²) in [5.74, 6) is -1.11. The number of amides is 1. The lowest BCUT2D eigenvalue weighted by atomic mass is 10.3. The molecule has 6 nitrogen and oxygen atoms in total. The third kappa shape index (κ3) is 4.56. The van der Waals surface area contributed by atoms with Gasteiger partial charge in [-0.3, -0.25) is 14.4 Å². The van der Waals surface area contributed by atoms with E-state index in [-0.39, 0.29) is 12.1 Å². The van der Waals surface area contributed by atoms with Gasteiger partial charge in [-0.15, -0.1) is 0 Å². The van der Waals surface area contributed by atoms with Gasteiger partial charge in [-0.25, -0.2) is 0 Å². The molecule has 1 heterocycles. The fourth-order valence-electron chi connectivity index (χ4n) is 1.67. The molecule has 0 fully saturated rings. The number of halogens is 1. The van der Waals surface area contributed by atoms with Crippen molar-refractivity contribution >= 4 is 33.5 Å². The molecule has 0 saturated heterocycles. The van der Waals surface area contributed by atoms with Crippen molar-refractivity contribution in [2.24, 2.45) is 0 Å².